The highest BCUT2D eigenvalue weighted by Gasteiger charge is 2.26. The van der Waals surface area contributed by atoms with Gasteiger partial charge in [-0.25, -0.2) is 8.42 Å². The number of rotatable bonds is 14. The lowest BCUT2D eigenvalue weighted by Crippen LogP contribution is -2.35. The number of thiazole rings is 1. The number of anilines is 1. The molecular weight excluding hydrogens is 659 g/mol. The lowest BCUT2D eigenvalue weighted by molar-refractivity contribution is -0.669. The van der Waals surface area contributed by atoms with Gasteiger partial charge in [-0.3, -0.25) is 4.55 Å². The van der Waals surface area contributed by atoms with E-state index in [0.29, 0.717) is 42.4 Å². The number of thioether (sulfide) groups is 1. The van der Waals surface area contributed by atoms with E-state index in [0.717, 1.165) is 49.3 Å². The fraction of sp³-hybridized carbons (Fsp3) is 0.393. The number of aromatic nitrogens is 1. The van der Waals surface area contributed by atoms with Gasteiger partial charge in [-0.2, -0.15) is 13.0 Å². The van der Waals surface area contributed by atoms with Crippen LogP contribution in [0, 0.1) is 0 Å². The predicted molar refractivity (Wildman–Crippen MR) is 172 cm³/mol. The highest BCUT2D eigenvalue weighted by molar-refractivity contribution is 8.03. The van der Waals surface area contributed by atoms with E-state index in [4.69, 9.17) is 27.8 Å². The molecule has 0 bridgehead atoms. The second-order valence-electron chi connectivity index (χ2n) is 9.98. The van der Waals surface area contributed by atoms with Gasteiger partial charge < -0.3 is 9.45 Å². The van der Waals surface area contributed by atoms with E-state index < -0.39 is 26.0 Å². The Bertz CT molecular complexity index is 1720. The van der Waals surface area contributed by atoms with Crippen LogP contribution in [0.1, 0.15) is 50.5 Å². The Morgan fingerprint density at radius 2 is 1.74 bits per heavy atom. The molecule has 3 aromatic rings. The normalized spacial score (nSPS) is 15.2. The highest BCUT2D eigenvalue weighted by atomic mass is 35.5. The zero-order chi connectivity index (χ0) is 30.5. The molecule has 0 radical (unpaired) electrons. The van der Waals surface area contributed by atoms with Gasteiger partial charge in [0.1, 0.15) is 4.70 Å². The molecule has 0 saturated heterocycles. The molecule has 1 aromatic heterocycles. The fourth-order valence-corrected chi connectivity index (χ4v) is 8.47. The zero-order valence-corrected chi connectivity index (χ0v) is 27.7. The standard InChI is InChI=1S/C28H32Cl2N2O6S4/c1-2-7-20(16-27-31(12-3-5-14-41(33,34)35)23-18-21(29)8-10-25(23)39-27)17-28-32(13-4-6-15-42(36,37)38)24-19-22(30)9-11-26(24)40-28/h8-11,16-19H,2-7,12-15H2,1H3,(H-,33,34,35,36,37,38). The lowest BCUT2D eigenvalue weighted by atomic mass is 10.1. The molecule has 0 unspecified atom stereocenters. The maximum Gasteiger partial charge on any atom is 0.264 e. The molecule has 42 heavy (non-hydrogen) atoms. The molecule has 1 aliphatic rings. The monoisotopic (exact) mass is 690 g/mol. The fourth-order valence-electron chi connectivity index (χ4n) is 4.72. The second kappa shape index (κ2) is 14.4. The first-order valence-electron chi connectivity index (χ1n) is 13.5. The number of fused-ring (bicyclic) bond motifs is 2. The Hall–Kier alpha value is -1.64. The van der Waals surface area contributed by atoms with Gasteiger partial charge in [-0.15, -0.1) is 0 Å². The van der Waals surface area contributed by atoms with Crippen molar-refractivity contribution in [1.29, 1.82) is 0 Å². The molecule has 0 amide bonds. The number of halogens is 2. The lowest BCUT2D eigenvalue weighted by Gasteiger charge is -2.21. The van der Waals surface area contributed by atoms with Gasteiger partial charge in [0.25, 0.3) is 15.1 Å². The van der Waals surface area contributed by atoms with Gasteiger partial charge in [0.05, 0.1) is 26.6 Å². The third kappa shape index (κ3) is 9.43. The van der Waals surface area contributed by atoms with Gasteiger partial charge in [0.2, 0.25) is 5.52 Å². The molecule has 0 aliphatic carbocycles. The molecular formula is C28H32Cl2N2O6S4. The molecule has 2 aromatic carbocycles. The van der Waals surface area contributed by atoms with E-state index in [9.17, 15) is 21.4 Å². The largest absolute Gasteiger partial charge is 0.748 e. The summed E-state index contributed by atoms with van der Waals surface area (Å²) in [5.41, 5.74) is 3.00. The van der Waals surface area contributed by atoms with Crippen molar-refractivity contribution in [1.82, 2.24) is 0 Å². The SMILES string of the molecule is CCCC(=C/c1sc2ccc(Cl)cc2[n+]1CCCCS(=O)(=O)O)/C=C1/Sc2ccc(Cl)cc2N1CCCCS(=O)(=O)[O-]. The number of hydrogen-bond donors (Lipinski definition) is 1. The second-order valence-corrected chi connectivity index (χ2v) is 16.1. The van der Waals surface area contributed by atoms with Crippen LogP contribution in [0.3, 0.4) is 0 Å². The molecule has 1 aliphatic heterocycles. The maximum absolute atomic E-state index is 11.2. The Morgan fingerprint density at radius 3 is 2.45 bits per heavy atom. The Labute approximate surface area is 265 Å². The van der Waals surface area contributed by atoms with Crippen LogP contribution in [0.25, 0.3) is 16.3 Å². The van der Waals surface area contributed by atoms with Crippen LogP contribution in [0.2, 0.25) is 10.0 Å². The van der Waals surface area contributed by atoms with Crippen LogP contribution >= 0.6 is 46.3 Å². The summed E-state index contributed by atoms with van der Waals surface area (Å²) in [6, 6.07) is 11.4. The Kier molecular flexibility index (Phi) is 11.4. The first kappa shape index (κ1) is 33.3. The first-order chi connectivity index (χ1) is 19.8. The summed E-state index contributed by atoms with van der Waals surface area (Å²) < 4.78 is 68.1. The number of hydrogen-bond acceptors (Lipinski definition) is 8. The first-order valence-corrected chi connectivity index (χ1v) is 19.1. The molecule has 4 rings (SSSR count). The maximum atomic E-state index is 11.2. The average Bonchev–Trinajstić information content (AvgIpc) is 3.39. The summed E-state index contributed by atoms with van der Waals surface area (Å²) in [6.45, 7) is 3.21. The summed E-state index contributed by atoms with van der Waals surface area (Å²) in [6.07, 6.45) is 7.70. The van der Waals surface area contributed by atoms with E-state index in [1.807, 2.05) is 36.4 Å². The van der Waals surface area contributed by atoms with Gasteiger partial charge in [0.15, 0.2) is 6.54 Å². The molecule has 0 saturated carbocycles. The molecule has 14 heteroatoms. The smallest absolute Gasteiger partial charge is 0.264 e. The summed E-state index contributed by atoms with van der Waals surface area (Å²) >= 11 is 15.9. The minimum Gasteiger partial charge on any atom is -0.748 e. The van der Waals surface area contributed by atoms with Gasteiger partial charge in [-0.05, 0) is 67.7 Å². The number of unbranched alkanes of at least 4 members (excludes halogenated alkanes) is 2. The summed E-state index contributed by atoms with van der Waals surface area (Å²) in [5, 5.41) is 3.19. The van der Waals surface area contributed by atoms with Crippen molar-refractivity contribution in [2.24, 2.45) is 0 Å². The van der Waals surface area contributed by atoms with Crippen molar-refractivity contribution in [2.75, 3.05) is 23.0 Å². The molecule has 0 atom stereocenters. The highest BCUT2D eigenvalue weighted by Crippen LogP contribution is 2.47. The van der Waals surface area contributed by atoms with E-state index >= 15 is 0 Å². The third-order valence-electron chi connectivity index (χ3n) is 6.60. The van der Waals surface area contributed by atoms with Gasteiger partial charge in [-0.1, -0.05) is 59.6 Å². The topological polar surface area (TPSA) is 119 Å². The van der Waals surface area contributed by atoms with Crippen LogP contribution in [-0.2, 0) is 26.8 Å². The Morgan fingerprint density at radius 1 is 1.02 bits per heavy atom. The predicted octanol–water partition coefficient (Wildman–Crippen LogP) is 7.13. The summed E-state index contributed by atoms with van der Waals surface area (Å²) in [5.74, 6) is -0.677. The van der Waals surface area contributed by atoms with E-state index in [1.165, 1.54) is 0 Å². The van der Waals surface area contributed by atoms with Crippen molar-refractivity contribution < 1.29 is 30.5 Å². The number of allylic oxidation sites excluding steroid dienone is 2. The van der Waals surface area contributed by atoms with Gasteiger partial charge in [0, 0.05) is 45.8 Å². The molecule has 1 N–H and O–H groups in total. The van der Waals surface area contributed by atoms with Gasteiger partial charge >= 0.3 is 0 Å². The molecule has 2 heterocycles. The van der Waals surface area contributed by atoms with Crippen LogP contribution in [0.4, 0.5) is 5.69 Å². The van der Waals surface area contributed by atoms with Crippen LogP contribution < -0.4 is 9.47 Å². The van der Waals surface area contributed by atoms with Crippen molar-refractivity contribution in [3.8, 4) is 0 Å². The molecule has 8 nitrogen and oxygen atoms in total. The van der Waals surface area contributed by atoms with Crippen LogP contribution in [0.5, 0.6) is 0 Å². The van der Waals surface area contributed by atoms with Crippen molar-refractivity contribution in [3.63, 3.8) is 0 Å². The molecule has 228 valence electrons. The summed E-state index contributed by atoms with van der Waals surface area (Å²) in [7, 11) is -8.28. The molecule has 0 fully saturated rings. The van der Waals surface area contributed by atoms with Crippen LogP contribution in [-0.4, -0.2) is 44.0 Å². The van der Waals surface area contributed by atoms with E-state index in [2.05, 4.69) is 28.5 Å². The average molecular weight is 692 g/mol. The van der Waals surface area contributed by atoms with Crippen molar-refractivity contribution >= 4 is 88.5 Å². The third-order valence-corrected chi connectivity index (χ3v) is 10.9. The number of aryl methyl sites for hydroxylation is 1. The molecule has 0 spiro atoms. The number of nitrogens with zero attached hydrogens (tertiary/aromatic N) is 2. The number of benzene rings is 2. The summed E-state index contributed by atoms with van der Waals surface area (Å²) in [4.78, 5) is 3.17. The minimum absolute atomic E-state index is 0.274. The Balaban J connectivity index is 1.68. The zero-order valence-electron chi connectivity index (χ0n) is 23.0. The van der Waals surface area contributed by atoms with E-state index in [1.54, 1.807) is 23.1 Å². The van der Waals surface area contributed by atoms with Crippen molar-refractivity contribution in [2.45, 2.75) is 56.9 Å². The van der Waals surface area contributed by atoms with Crippen LogP contribution in [0.15, 0.2) is 58.0 Å². The quantitative estimate of drug-likeness (QED) is 0.108. The van der Waals surface area contributed by atoms with E-state index in [-0.39, 0.29) is 12.2 Å². The van der Waals surface area contributed by atoms with Crippen molar-refractivity contribution in [3.05, 3.63) is 68.1 Å². The minimum atomic E-state index is -4.27.